The van der Waals surface area contributed by atoms with E-state index in [9.17, 15) is 0 Å². The molecule has 0 radical (unpaired) electrons. The van der Waals surface area contributed by atoms with Gasteiger partial charge in [0.15, 0.2) is 0 Å². The van der Waals surface area contributed by atoms with Crippen molar-refractivity contribution >= 4 is 5.69 Å². The van der Waals surface area contributed by atoms with E-state index in [1.165, 1.54) is 5.56 Å². The summed E-state index contributed by atoms with van der Waals surface area (Å²) in [5.41, 5.74) is 3.39. The summed E-state index contributed by atoms with van der Waals surface area (Å²) in [5.74, 6) is 1.81. The zero-order chi connectivity index (χ0) is 13.9. The molecule has 20 heavy (non-hydrogen) atoms. The molecule has 0 bridgehead atoms. The monoisotopic (exact) mass is 269 g/mol. The highest BCUT2D eigenvalue weighted by atomic mass is 16.5. The van der Waals surface area contributed by atoms with Crippen LogP contribution in [0.2, 0.25) is 0 Å². The summed E-state index contributed by atoms with van der Waals surface area (Å²) in [4.78, 5) is 0. The fraction of sp³-hybridized carbons (Fsp3) is 0.294. The first kappa shape index (κ1) is 12.9. The Bertz CT molecular complexity index is 610. The maximum Gasteiger partial charge on any atom is 0.145 e. The number of rotatable bonds is 3. The highest BCUT2D eigenvalue weighted by Crippen LogP contribution is 2.38. The Morgan fingerprint density at radius 3 is 2.90 bits per heavy atom. The summed E-state index contributed by atoms with van der Waals surface area (Å²) in [6.07, 6.45) is -0.0213. The molecule has 3 rings (SSSR count). The maximum absolute atomic E-state index is 6.14. The molecule has 0 aliphatic carbocycles. The van der Waals surface area contributed by atoms with Gasteiger partial charge in [-0.05, 0) is 31.5 Å². The minimum atomic E-state index is -0.0213. The van der Waals surface area contributed by atoms with Crippen molar-refractivity contribution < 1.29 is 9.47 Å². The number of ether oxygens (including phenoxy) is 2. The minimum absolute atomic E-state index is 0.0213. The quantitative estimate of drug-likeness (QED) is 0.915. The lowest BCUT2D eigenvalue weighted by molar-refractivity contribution is 0.202. The number of anilines is 1. The average Bonchev–Trinajstić information content (AvgIpc) is 2.48. The number of nitrogens with one attached hydrogen (secondary N) is 1. The Morgan fingerprint density at radius 2 is 2.05 bits per heavy atom. The predicted octanol–water partition coefficient (Wildman–Crippen LogP) is 3.94. The molecule has 1 aliphatic heterocycles. The Labute approximate surface area is 119 Å². The molecule has 0 aromatic heterocycles. The predicted molar refractivity (Wildman–Crippen MR) is 80.6 cm³/mol. The highest BCUT2D eigenvalue weighted by Gasteiger charge is 2.24. The molecular formula is C17H19NO2. The Kier molecular flexibility index (Phi) is 3.50. The molecule has 0 saturated carbocycles. The van der Waals surface area contributed by atoms with Crippen molar-refractivity contribution in [2.24, 2.45) is 0 Å². The Morgan fingerprint density at radius 1 is 1.20 bits per heavy atom. The first-order valence-corrected chi connectivity index (χ1v) is 7.01. The molecule has 1 atom stereocenters. The molecule has 0 spiro atoms. The van der Waals surface area contributed by atoms with Crippen molar-refractivity contribution in [2.75, 3.05) is 18.5 Å². The fourth-order valence-corrected chi connectivity index (χ4v) is 2.56. The van der Waals surface area contributed by atoms with E-state index >= 15 is 0 Å². The van der Waals surface area contributed by atoms with E-state index in [2.05, 4.69) is 24.4 Å². The standard InChI is InChI=1S/C17H19NO2/c1-3-19-14-9-5-4-8-13(14)16-11-18-17-12(2)7-6-10-15(17)20-16/h4-10,16,18H,3,11H2,1-2H3. The highest BCUT2D eigenvalue weighted by molar-refractivity contribution is 5.63. The third-order valence-corrected chi connectivity index (χ3v) is 3.53. The molecule has 1 aliphatic rings. The largest absolute Gasteiger partial charge is 0.493 e. The van der Waals surface area contributed by atoms with Crippen molar-refractivity contribution in [1.82, 2.24) is 0 Å². The summed E-state index contributed by atoms with van der Waals surface area (Å²) < 4.78 is 11.8. The molecule has 1 N–H and O–H groups in total. The van der Waals surface area contributed by atoms with Crippen molar-refractivity contribution in [3.8, 4) is 11.5 Å². The van der Waals surface area contributed by atoms with Gasteiger partial charge in [0.05, 0.1) is 18.8 Å². The summed E-state index contributed by atoms with van der Waals surface area (Å²) in [6.45, 7) is 5.49. The van der Waals surface area contributed by atoms with E-state index < -0.39 is 0 Å². The van der Waals surface area contributed by atoms with E-state index in [1.807, 2.05) is 37.3 Å². The number of benzene rings is 2. The van der Waals surface area contributed by atoms with Crippen LogP contribution >= 0.6 is 0 Å². The molecule has 3 heteroatoms. The van der Waals surface area contributed by atoms with Gasteiger partial charge in [-0.3, -0.25) is 0 Å². The van der Waals surface area contributed by atoms with Crippen LogP contribution in [0.25, 0.3) is 0 Å². The molecule has 0 saturated heterocycles. The normalized spacial score (nSPS) is 16.8. The van der Waals surface area contributed by atoms with Crippen LogP contribution in [0.5, 0.6) is 11.5 Å². The van der Waals surface area contributed by atoms with Crippen LogP contribution in [0.4, 0.5) is 5.69 Å². The van der Waals surface area contributed by atoms with Crippen molar-refractivity contribution in [2.45, 2.75) is 20.0 Å². The number of aryl methyl sites for hydroxylation is 1. The average molecular weight is 269 g/mol. The summed E-state index contributed by atoms with van der Waals surface area (Å²) in [7, 11) is 0. The van der Waals surface area contributed by atoms with Crippen molar-refractivity contribution in [3.05, 3.63) is 53.6 Å². The smallest absolute Gasteiger partial charge is 0.145 e. The van der Waals surface area contributed by atoms with Crippen LogP contribution < -0.4 is 14.8 Å². The van der Waals surface area contributed by atoms with E-state index in [-0.39, 0.29) is 6.10 Å². The fourth-order valence-electron chi connectivity index (χ4n) is 2.56. The Hall–Kier alpha value is -2.16. The zero-order valence-corrected chi connectivity index (χ0v) is 11.8. The van der Waals surface area contributed by atoms with Crippen LogP contribution in [-0.2, 0) is 0 Å². The van der Waals surface area contributed by atoms with Crippen LogP contribution in [0, 0.1) is 6.92 Å². The van der Waals surface area contributed by atoms with Gasteiger partial charge >= 0.3 is 0 Å². The SMILES string of the molecule is CCOc1ccccc1C1CNc2c(C)cccc2O1. The summed E-state index contributed by atoms with van der Waals surface area (Å²) in [6, 6.07) is 14.2. The van der Waals surface area contributed by atoms with Gasteiger partial charge in [0.2, 0.25) is 0 Å². The molecule has 104 valence electrons. The number of fused-ring (bicyclic) bond motifs is 1. The molecule has 2 aromatic rings. The van der Waals surface area contributed by atoms with Gasteiger partial charge in [-0.2, -0.15) is 0 Å². The molecule has 1 heterocycles. The van der Waals surface area contributed by atoms with Crippen LogP contribution in [0.15, 0.2) is 42.5 Å². The molecule has 1 unspecified atom stereocenters. The van der Waals surface area contributed by atoms with E-state index in [1.54, 1.807) is 0 Å². The minimum Gasteiger partial charge on any atom is -0.493 e. The second kappa shape index (κ2) is 5.45. The van der Waals surface area contributed by atoms with E-state index in [4.69, 9.17) is 9.47 Å². The van der Waals surface area contributed by atoms with Gasteiger partial charge in [0.1, 0.15) is 17.6 Å². The van der Waals surface area contributed by atoms with Crippen LogP contribution in [0.1, 0.15) is 24.2 Å². The molecular weight excluding hydrogens is 250 g/mol. The molecule has 0 amide bonds. The molecule has 0 fully saturated rings. The first-order chi connectivity index (χ1) is 9.79. The van der Waals surface area contributed by atoms with E-state index in [0.29, 0.717) is 6.61 Å². The lowest BCUT2D eigenvalue weighted by atomic mass is 10.1. The van der Waals surface area contributed by atoms with Crippen molar-refractivity contribution in [1.29, 1.82) is 0 Å². The Balaban J connectivity index is 1.91. The second-order valence-corrected chi connectivity index (χ2v) is 4.91. The van der Waals surface area contributed by atoms with Gasteiger partial charge in [0.25, 0.3) is 0 Å². The van der Waals surface area contributed by atoms with Gasteiger partial charge in [-0.1, -0.05) is 30.3 Å². The number of hydrogen-bond acceptors (Lipinski definition) is 3. The lowest BCUT2D eigenvalue weighted by Crippen LogP contribution is -2.24. The maximum atomic E-state index is 6.14. The number of hydrogen-bond donors (Lipinski definition) is 1. The van der Waals surface area contributed by atoms with Gasteiger partial charge in [0, 0.05) is 5.56 Å². The van der Waals surface area contributed by atoms with Gasteiger partial charge in [-0.25, -0.2) is 0 Å². The van der Waals surface area contributed by atoms with Gasteiger partial charge < -0.3 is 14.8 Å². The first-order valence-electron chi connectivity index (χ1n) is 7.01. The molecule has 3 nitrogen and oxygen atoms in total. The third-order valence-electron chi connectivity index (χ3n) is 3.53. The van der Waals surface area contributed by atoms with Crippen LogP contribution in [0.3, 0.4) is 0 Å². The van der Waals surface area contributed by atoms with Crippen LogP contribution in [-0.4, -0.2) is 13.2 Å². The van der Waals surface area contributed by atoms with E-state index in [0.717, 1.165) is 29.3 Å². The topological polar surface area (TPSA) is 30.5 Å². The third kappa shape index (κ3) is 2.31. The number of para-hydroxylation sites is 2. The summed E-state index contributed by atoms with van der Waals surface area (Å²) >= 11 is 0. The van der Waals surface area contributed by atoms with Crippen molar-refractivity contribution in [3.63, 3.8) is 0 Å². The summed E-state index contributed by atoms with van der Waals surface area (Å²) in [5, 5.41) is 3.47. The van der Waals surface area contributed by atoms with Gasteiger partial charge in [-0.15, -0.1) is 0 Å². The zero-order valence-electron chi connectivity index (χ0n) is 11.8. The lowest BCUT2D eigenvalue weighted by Gasteiger charge is -2.29. The second-order valence-electron chi connectivity index (χ2n) is 4.91. The molecule has 2 aromatic carbocycles.